The number of nitrogens with zero attached hydrogens (tertiary/aromatic N) is 1. The fourth-order valence-corrected chi connectivity index (χ4v) is 2.47. The highest BCUT2D eigenvalue weighted by Crippen LogP contribution is 2.14. The van der Waals surface area contributed by atoms with Crippen molar-refractivity contribution in [2.75, 3.05) is 0 Å². The summed E-state index contributed by atoms with van der Waals surface area (Å²) in [5.41, 5.74) is 2.00. The van der Waals surface area contributed by atoms with E-state index in [-0.39, 0.29) is 5.78 Å². The number of carbonyl (C=O) groups is 1. The Morgan fingerprint density at radius 1 is 1.28 bits per heavy atom. The van der Waals surface area contributed by atoms with Crippen LogP contribution in [-0.4, -0.2) is 10.4 Å². The Balaban J connectivity index is 2.00. The van der Waals surface area contributed by atoms with E-state index in [0.29, 0.717) is 6.42 Å². The van der Waals surface area contributed by atoms with Crippen molar-refractivity contribution in [1.82, 2.24) is 4.57 Å². The van der Waals surface area contributed by atoms with Crippen LogP contribution in [0.4, 0.5) is 0 Å². The normalized spacial score (nSPS) is 10.6. The summed E-state index contributed by atoms with van der Waals surface area (Å²) in [7, 11) is 0. The van der Waals surface area contributed by atoms with Gasteiger partial charge in [-0.3, -0.25) is 4.79 Å². The molecule has 0 atom stereocenters. The topological polar surface area (TPSA) is 22.0 Å². The summed E-state index contributed by atoms with van der Waals surface area (Å²) in [6, 6.07) is 11.9. The zero-order chi connectivity index (χ0) is 13.0. The molecule has 2 aromatic rings. The number of benzene rings is 1. The first-order valence-electron chi connectivity index (χ1n) is 6.13. The van der Waals surface area contributed by atoms with Gasteiger partial charge in [0.15, 0.2) is 5.78 Å². The van der Waals surface area contributed by atoms with E-state index in [9.17, 15) is 4.79 Å². The van der Waals surface area contributed by atoms with E-state index in [1.807, 2.05) is 42.0 Å². The Bertz CT molecular complexity index is 545. The molecular formula is C15H16BrNO. The molecule has 0 bridgehead atoms. The van der Waals surface area contributed by atoms with E-state index < -0.39 is 0 Å². The van der Waals surface area contributed by atoms with Crippen LogP contribution in [0.15, 0.2) is 47.1 Å². The van der Waals surface area contributed by atoms with Crippen LogP contribution in [0.25, 0.3) is 0 Å². The smallest absolute Gasteiger partial charge is 0.179 e. The molecule has 0 aliphatic carbocycles. The summed E-state index contributed by atoms with van der Waals surface area (Å²) in [5.74, 6) is 0.210. The molecule has 0 fully saturated rings. The molecule has 0 N–H and O–H groups in total. The molecule has 94 valence electrons. The second kappa shape index (κ2) is 6.01. The number of halogens is 1. The Kier molecular flexibility index (Phi) is 4.37. The number of rotatable bonds is 5. The molecule has 0 saturated heterocycles. The highest BCUT2D eigenvalue weighted by atomic mass is 79.9. The third-order valence-electron chi connectivity index (χ3n) is 2.99. The van der Waals surface area contributed by atoms with Gasteiger partial charge in [0.25, 0.3) is 0 Å². The maximum atomic E-state index is 12.1. The Morgan fingerprint density at radius 3 is 2.83 bits per heavy atom. The van der Waals surface area contributed by atoms with Crippen LogP contribution in [-0.2, 0) is 13.0 Å². The van der Waals surface area contributed by atoms with Gasteiger partial charge in [-0.2, -0.15) is 0 Å². The summed E-state index contributed by atoms with van der Waals surface area (Å²) in [5, 5.41) is 0. The minimum Gasteiger partial charge on any atom is -0.345 e. The van der Waals surface area contributed by atoms with Gasteiger partial charge in [0.05, 0.1) is 5.69 Å². The molecule has 0 aliphatic heterocycles. The van der Waals surface area contributed by atoms with E-state index in [1.54, 1.807) is 0 Å². The van der Waals surface area contributed by atoms with Crippen molar-refractivity contribution in [1.29, 1.82) is 0 Å². The molecule has 0 unspecified atom stereocenters. The lowest BCUT2D eigenvalue weighted by Crippen LogP contribution is -2.08. The van der Waals surface area contributed by atoms with Gasteiger partial charge in [-0.25, -0.2) is 0 Å². The predicted octanol–water partition coefficient (Wildman–Crippen LogP) is 4.09. The number of hydrogen-bond donors (Lipinski definition) is 0. The molecule has 3 heteroatoms. The van der Waals surface area contributed by atoms with E-state index in [0.717, 1.165) is 23.1 Å². The zero-order valence-corrected chi connectivity index (χ0v) is 12.0. The minimum absolute atomic E-state index is 0.210. The maximum absolute atomic E-state index is 12.1. The number of carbonyl (C=O) groups excluding carboxylic acids is 1. The molecule has 1 heterocycles. The number of ketones is 1. The van der Waals surface area contributed by atoms with Crippen LogP contribution in [0.1, 0.15) is 29.4 Å². The molecule has 18 heavy (non-hydrogen) atoms. The van der Waals surface area contributed by atoms with Gasteiger partial charge in [0.2, 0.25) is 0 Å². The Morgan fingerprint density at radius 2 is 2.11 bits per heavy atom. The Hall–Kier alpha value is -1.35. The van der Waals surface area contributed by atoms with Crippen molar-refractivity contribution >= 4 is 21.7 Å². The monoisotopic (exact) mass is 305 g/mol. The van der Waals surface area contributed by atoms with E-state index in [4.69, 9.17) is 0 Å². The van der Waals surface area contributed by atoms with Gasteiger partial charge in [0, 0.05) is 23.6 Å². The van der Waals surface area contributed by atoms with Crippen molar-refractivity contribution < 1.29 is 4.79 Å². The first-order chi connectivity index (χ1) is 8.70. The second-order valence-corrected chi connectivity index (χ2v) is 5.15. The van der Waals surface area contributed by atoms with Crippen LogP contribution in [0, 0.1) is 0 Å². The molecule has 2 rings (SSSR count). The predicted molar refractivity (Wildman–Crippen MR) is 76.9 cm³/mol. The number of hydrogen-bond acceptors (Lipinski definition) is 1. The first-order valence-corrected chi connectivity index (χ1v) is 6.93. The lowest BCUT2D eigenvalue weighted by atomic mass is 10.1. The van der Waals surface area contributed by atoms with E-state index >= 15 is 0 Å². The molecule has 0 aliphatic rings. The van der Waals surface area contributed by atoms with E-state index in [1.165, 1.54) is 5.56 Å². The maximum Gasteiger partial charge on any atom is 0.179 e. The average molecular weight is 306 g/mol. The summed E-state index contributed by atoms with van der Waals surface area (Å²) >= 11 is 3.44. The van der Waals surface area contributed by atoms with Crippen molar-refractivity contribution in [3.05, 3.63) is 58.3 Å². The van der Waals surface area contributed by atoms with Crippen LogP contribution in [0.3, 0.4) is 0 Å². The highest BCUT2D eigenvalue weighted by Gasteiger charge is 2.09. The first kappa shape index (κ1) is 13.1. The van der Waals surface area contributed by atoms with Crippen molar-refractivity contribution in [2.24, 2.45) is 0 Å². The van der Waals surface area contributed by atoms with Crippen molar-refractivity contribution in [3.8, 4) is 0 Å². The number of aromatic nitrogens is 1. The SMILES string of the molecule is CCn1cccc1C(=O)CCc1cccc(Br)c1. The number of aryl methyl sites for hydroxylation is 2. The molecule has 0 spiro atoms. The summed E-state index contributed by atoms with van der Waals surface area (Å²) < 4.78 is 3.05. The van der Waals surface area contributed by atoms with Crippen LogP contribution >= 0.6 is 15.9 Å². The third kappa shape index (κ3) is 3.10. The van der Waals surface area contributed by atoms with Crippen LogP contribution in [0.5, 0.6) is 0 Å². The third-order valence-corrected chi connectivity index (χ3v) is 3.48. The minimum atomic E-state index is 0.210. The second-order valence-electron chi connectivity index (χ2n) is 4.23. The lowest BCUT2D eigenvalue weighted by molar-refractivity contribution is 0.0974. The van der Waals surface area contributed by atoms with Gasteiger partial charge in [-0.15, -0.1) is 0 Å². The van der Waals surface area contributed by atoms with Gasteiger partial charge >= 0.3 is 0 Å². The summed E-state index contributed by atoms with van der Waals surface area (Å²) in [4.78, 5) is 12.1. The van der Waals surface area contributed by atoms with Gasteiger partial charge in [-0.1, -0.05) is 28.1 Å². The zero-order valence-electron chi connectivity index (χ0n) is 10.4. The molecule has 0 amide bonds. The highest BCUT2D eigenvalue weighted by molar-refractivity contribution is 9.10. The van der Waals surface area contributed by atoms with Crippen LogP contribution < -0.4 is 0 Å². The molecule has 2 nitrogen and oxygen atoms in total. The summed E-state index contributed by atoms with van der Waals surface area (Å²) in [6.45, 7) is 2.88. The standard InChI is InChI=1S/C15H16BrNO/c1-2-17-10-4-7-14(17)15(18)9-8-12-5-3-6-13(16)11-12/h3-7,10-11H,2,8-9H2,1H3. The lowest BCUT2D eigenvalue weighted by Gasteiger charge is -2.05. The largest absolute Gasteiger partial charge is 0.345 e. The number of Topliss-reactive ketones (excluding diaryl/α,β-unsaturated/α-hetero) is 1. The van der Waals surface area contributed by atoms with Crippen molar-refractivity contribution in [2.45, 2.75) is 26.3 Å². The molecule has 1 aromatic heterocycles. The van der Waals surface area contributed by atoms with E-state index in [2.05, 4.69) is 28.1 Å². The molecule has 0 radical (unpaired) electrons. The molecular weight excluding hydrogens is 290 g/mol. The fourth-order valence-electron chi connectivity index (χ4n) is 2.02. The van der Waals surface area contributed by atoms with Gasteiger partial charge in [0.1, 0.15) is 0 Å². The van der Waals surface area contributed by atoms with Crippen molar-refractivity contribution in [3.63, 3.8) is 0 Å². The van der Waals surface area contributed by atoms with Gasteiger partial charge < -0.3 is 4.57 Å². The molecule has 0 saturated carbocycles. The van der Waals surface area contributed by atoms with Crippen LogP contribution in [0.2, 0.25) is 0 Å². The average Bonchev–Trinajstić information content (AvgIpc) is 2.84. The summed E-state index contributed by atoms with van der Waals surface area (Å²) in [6.07, 6.45) is 3.29. The quantitative estimate of drug-likeness (QED) is 0.763. The fraction of sp³-hybridized carbons (Fsp3) is 0.267. The van der Waals surface area contributed by atoms with Gasteiger partial charge in [-0.05, 0) is 43.2 Å². The Labute approximate surface area is 116 Å². The molecule has 1 aromatic carbocycles.